The van der Waals surface area contributed by atoms with Gasteiger partial charge in [-0.1, -0.05) is 37.3 Å². The molecule has 0 aliphatic carbocycles. The molecule has 0 aromatic heterocycles. The molecule has 2 aromatic carbocycles. The standard InChI is InChI=1S/C16H17F2N/c1-16(11-19,10-12-5-3-2-4-6-12)13-7-14(17)9-15(18)8-13/h2-9H,10-11,19H2,1H3. The van der Waals surface area contributed by atoms with Crippen molar-refractivity contribution in [3.8, 4) is 0 Å². The Morgan fingerprint density at radius 3 is 2.11 bits per heavy atom. The highest BCUT2D eigenvalue weighted by molar-refractivity contribution is 5.30. The predicted molar refractivity (Wildman–Crippen MR) is 72.9 cm³/mol. The maximum absolute atomic E-state index is 13.4. The first kappa shape index (κ1) is 13.7. The van der Waals surface area contributed by atoms with Gasteiger partial charge in [0.25, 0.3) is 0 Å². The lowest BCUT2D eigenvalue weighted by atomic mass is 9.77. The molecule has 2 rings (SSSR count). The molecule has 1 atom stereocenters. The summed E-state index contributed by atoms with van der Waals surface area (Å²) in [4.78, 5) is 0. The van der Waals surface area contributed by atoms with E-state index in [-0.39, 0.29) is 0 Å². The summed E-state index contributed by atoms with van der Waals surface area (Å²) in [5.41, 5.74) is 7.05. The van der Waals surface area contributed by atoms with Crippen molar-refractivity contribution >= 4 is 0 Å². The second-order valence-electron chi connectivity index (χ2n) is 5.09. The third-order valence-corrected chi connectivity index (χ3v) is 3.45. The van der Waals surface area contributed by atoms with E-state index in [1.165, 1.54) is 12.1 Å². The molecule has 100 valence electrons. The van der Waals surface area contributed by atoms with Crippen LogP contribution in [0.15, 0.2) is 48.5 Å². The molecular weight excluding hydrogens is 244 g/mol. The minimum atomic E-state index is -0.567. The Labute approximate surface area is 112 Å². The second-order valence-corrected chi connectivity index (χ2v) is 5.09. The molecule has 0 saturated carbocycles. The van der Waals surface area contributed by atoms with Crippen molar-refractivity contribution in [2.24, 2.45) is 5.73 Å². The van der Waals surface area contributed by atoms with Crippen molar-refractivity contribution in [2.45, 2.75) is 18.8 Å². The largest absolute Gasteiger partial charge is 0.330 e. The van der Waals surface area contributed by atoms with Crippen LogP contribution in [-0.4, -0.2) is 6.54 Å². The summed E-state index contributed by atoms with van der Waals surface area (Å²) in [7, 11) is 0. The Kier molecular flexibility index (Phi) is 3.96. The number of benzene rings is 2. The molecule has 0 spiro atoms. The summed E-state index contributed by atoms with van der Waals surface area (Å²) in [6.07, 6.45) is 0.646. The van der Waals surface area contributed by atoms with Crippen LogP contribution in [-0.2, 0) is 11.8 Å². The first-order chi connectivity index (χ1) is 9.03. The quantitative estimate of drug-likeness (QED) is 0.896. The number of hydrogen-bond acceptors (Lipinski definition) is 1. The number of rotatable bonds is 4. The molecule has 0 saturated heterocycles. The molecule has 0 aliphatic heterocycles. The summed E-state index contributed by atoms with van der Waals surface area (Å²) in [6.45, 7) is 2.25. The van der Waals surface area contributed by atoms with Gasteiger partial charge in [-0.25, -0.2) is 8.78 Å². The van der Waals surface area contributed by atoms with Crippen LogP contribution < -0.4 is 5.73 Å². The lowest BCUT2D eigenvalue weighted by molar-refractivity contribution is 0.470. The fourth-order valence-electron chi connectivity index (χ4n) is 2.24. The van der Waals surface area contributed by atoms with E-state index in [1.54, 1.807) is 0 Å². The minimum absolute atomic E-state index is 0.324. The van der Waals surface area contributed by atoms with Crippen LogP contribution in [0.2, 0.25) is 0 Å². The molecule has 0 bridgehead atoms. The summed E-state index contributed by atoms with van der Waals surface area (Å²) in [5, 5.41) is 0. The average molecular weight is 261 g/mol. The zero-order valence-electron chi connectivity index (χ0n) is 10.9. The summed E-state index contributed by atoms with van der Waals surface area (Å²) < 4.78 is 26.7. The van der Waals surface area contributed by atoms with Crippen LogP contribution in [0.5, 0.6) is 0 Å². The molecule has 0 fully saturated rings. The van der Waals surface area contributed by atoms with Crippen molar-refractivity contribution in [1.82, 2.24) is 0 Å². The number of hydrogen-bond donors (Lipinski definition) is 1. The Bertz CT molecular complexity index is 534. The number of halogens is 2. The van der Waals surface area contributed by atoms with E-state index < -0.39 is 17.0 Å². The van der Waals surface area contributed by atoms with Gasteiger partial charge in [0, 0.05) is 18.0 Å². The van der Waals surface area contributed by atoms with Gasteiger partial charge in [0.2, 0.25) is 0 Å². The van der Waals surface area contributed by atoms with E-state index >= 15 is 0 Å². The van der Waals surface area contributed by atoms with Crippen LogP contribution in [0, 0.1) is 11.6 Å². The summed E-state index contributed by atoms with van der Waals surface area (Å²) >= 11 is 0. The van der Waals surface area contributed by atoms with Gasteiger partial charge in [0.1, 0.15) is 11.6 Å². The SMILES string of the molecule is CC(CN)(Cc1ccccc1)c1cc(F)cc(F)c1. The smallest absolute Gasteiger partial charge is 0.126 e. The third kappa shape index (κ3) is 3.18. The first-order valence-corrected chi connectivity index (χ1v) is 6.24. The fraction of sp³-hybridized carbons (Fsp3) is 0.250. The van der Waals surface area contributed by atoms with Crippen LogP contribution in [0.4, 0.5) is 8.78 Å². The highest BCUT2D eigenvalue weighted by Gasteiger charge is 2.26. The van der Waals surface area contributed by atoms with Gasteiger partial charge in [-0.2, -0.15) is 0 Å². The van der Waals surface area contributed by atoms with Crippen molar-refractivity contribution in [3.63, 3.8) is 0 Å². The third-order valence-electron chi connectivity index (χ3n) is 3.45. The Hall–Kier alpha value is -1.74. The first-order valence-electron chi connectivity index (χ1n) is 6.24. The maximum Gasteiger partial charge on any atom is 0.126 e. The van der Waals surface area contributed by atoms with Gasteiger partial charge < -0.3 is 5.73 Å². The van der Waals surface area contributed by atoms with Crippen molar-refractivity contribution < 1.29 is 8.78 Å². The second kappa shape index (κ2) is 5.49. The van der Waals surface area contributed by atoms with Gasteiger partial charge in [0.15, 0.2) is 0 Å². The van der Waals surface area contributed by atoms with E-state index in [4.69, 9.17) is 5.73 Å². The molecule has 3 heteroatoms. The van der Waals surface area contributed by atoms with Crippen molar-refractivity contribution in [1.29, 1.82) is 0 Å². The van der Waals surface area contributed by atoms with Crippen LogP contribution in [0.3, 0.4) is 0 Å². The lowest BCUT2D eigenvalue weighted by Crippen LogP contribution is -2.34. The highest BCUT2D eigenvalue weighted by atomic mass is 19.1. The van der Waals surface area contributed by atoms with E-state index in [1.807, 2.05) is 37.3 Å². The van der Waals surface area contributed by atoms with E-state index in [9.17, 15) is 8.78 Å². The normalized spacial score (nSPS) is 14.1. The van der Waals surface area contributed by atoms with Gasteiger partial charge in [-0.05, 0) is 29.7 Å². The molecule has 0 amide bonds. The lowest BCUT2D eigenvalue weighted by Gasteiger charge is -2.29. The predicted octanol–water partition coefficient (Wildman–Crippen LogP) is 3.42. The number of nitrogens with two attached hydrogens (primary N) is 1. The van der Waals surface area contributed by atoms with Crippen molar-refractivity contribution in [2.75, 3.05) is 6.54 Å². The monoisotopic (exact) mass is 261 g/mol. The molecule has 1 nitrogen and oxygen atoms in total. The zero-order chi connectivity index (χ0) is 13.9. The molecule has 0 aliphatic rings. The molecule has 0 radical (unpaired) electrons. The highest BCUT2D eigenvalue weighted by Crippen LogP contribution is 2.28. The summed E-state index contributed by atoms with van der Waals surface area (Å²) in [6, 6.07) is 13.4. The van der Waals surface area contributed by atoms with Gasteiger partial charge in [-0.3, -0.25) is 0 Å². The van der Waals surface area contributed by atoms with Crippen molar-refractivity contribution in [3.05, 3.63) is 71.3 Å². The zero-order valence-corrected chi connectivity index (χ0v) is 10.9. The van der Waals surface area contributed by atoms with Gasteiger partial charge in [-0.15, -0.1) is 0 Å². The Balaban J connectivity index is 2.36. The fourth-order valence-corrected chi connectivity index (χ4v) is 2.24. The molecule has 2 aromatic rings. The molecule has 19 heavy (non-hydrogen) atoms. The van der Waals surface area contributed by atoms with E-state index in [0.717, 1.165) is 11.6 Å². The molecular formula is C16H17F2N. The molecule has 1 unspecified atom stereocenters. The summed E-state index contributed by atoms with van der Waals surface area (Å²) in [5.74, 6) is -1.13. The minimum Gasteiger partial charge on any atom is -0.330 e. The Morgan fingerprint density at radius 2 is 1.58 bits per heavy atom. The van der Waals surface area contributed by atoms with E-state index in [2.05, 4.69) is 0 Å². The van der Waals surface area contributed by atoms with Crippen LogP contribution >= 0.6 is 0 Å². The van der Waals surface area contributed by atoms with Gasteiger partial charge in [0.05, 0.1) is 0 Å². The topological polar surface area (TPSA) is 26.0 Å². The van der Waals surface area contributed by atoms with Gasteiger partial charge >= 0.3 is 0 Å². The van der Waals surface area contributed by atoms with E-state index in [0.29, 0.717) is 18.5 Å². The van der Waals surface area contributed by atoms with Crippen LogP contribution in [0.25, 0.3) is 0 Å². The molecule has 2 N–H and O–H groups in total. The molecule has 0 heterocycles. The Morgan fingerprint density at radius 1 is 1.00 bits per heavy atom. The maximum atomic E-state index is 13.4. The average Bonchev–Trinajstić information content (AvgIpc) is 2.38. The van der Waals surface area contributed by atoms with Crippen LogP contribution in [0.1, 0.15) is 18.1 Å².